The van der Waals surface area contributed by atoms with Gasteiger partial charge in [-0.25, -0.2) is 39.3 Å². The molecule has 10 aromatic rings. The van der Waals surface area contributed by atoms with Crippen molar-refractivity contribution in [1.82, 2.24) is 70.4 Å². The minimum atomic E-state index is -0.461. The number of aromatic nitrogens is 7. The van der Waals surface area contributed by atoms with Crippen molar-refractivity contribution in [2.45, 2.75) is 297 Å². The van der Waals surface area contributed by atoms with Gasteiger partial charge in [0, 0.05) is 161 Å². The van der Waals surface area contributed by atoms with Crippen LogP contribution in [0.3, 0.4) is 0 Å². The molecule has 33 heteroatoms. The number of fused-ring (bicyclic) bond motifs is 7. The molecule has 23 nitrogen and oxygen atoms in total. The number of alkyl carbamates (subject to hydrolysis) is 2. The molecule has 0 saturated heterocycles. The van der Waals surface area contributed by atoms with Crippen LogP contribution >= 0.6 is 115 Å². The number of pyridine rings is 2. The number of nitrogens with zero attached hydrogens (tertiary/aromatic N) is 11. The van der Waals surface area contributed by atoms with E-state index in [1.807, 2.05) is 134 Å². The molecule has 0 atom stereocenters. The number of rotatable bonds is 20. The molecule has 4 saturated carbocycles. The highest BCUT2D eigenvalue weighted by molar-refractivity contribution is 7.17. The zero-order chi connectivity index (χ0) is 96.8. The number of ketones is 2. The van der Waals surface area contributed by atoms with Gasteiger partial charge in [0.15, 0.2) is 29.4 Å². The van der Waals surface area contributed by atoms with E-state index in [4.69, 9.17) is 65.6 Å². The molecule has 4 aliphatic carbocycles. The summed E-state index contributed by atoms with van der Waals surface area (Å²) in [6.45, 7) is 29.6. The fourth-order valence-corrected chi connectivity index (χ4v) is 25.6. The number of amides is 3. The lowest BCUT2D eigenvalue weighted by Crippen LogP contribution is -2.41. The Morgan fingerprint density at radius 2 is 0.797 bits per heavy atom. The highest BCUT2D eigenvalue weighted by Gasteiger charge is 2.34. The Labute approximate surface area is 860 Å². The predicted molar refractivity (Wildman–Crippen MR) is 563 cm³/mol. The number of carbonyl (C=O) groups is 6. The number of Topliss-reactive ketones (excluding diaryl/α,β-unsaturated/α-hetero) is 2. The molecule has 746 valence electrons. The van der Waals surface area contributed by atoms with Crippen LogP contribution < -0.4 is 16.0 Å². The fourth-order valence-electron chi connectivity index (χ4n) is 19.9. The standard InChI is InChI=1S/C31H33N3OS.C25H28ClN3OS.C19H30ClN3O2S.C13H23NO3.C11H15ClN2O2S.C6H7ClN2S.ClH/c35-29(26-8-4-10-27-25(26)9-5-17-32-27)20-23-13-11-22(12-14-23)15-18-34-19-16-30-28(21-34)33-31(36-30)24-6-2-1-3-7-24;26-25-28-22-16-29(14-11-24(22)31-25)13-10-17-6-8-18(9-7-17)15-23(30)20-3-1-5-21-19(20)4-2-12-27-21;1-19(2,3)25-18(24)21-14-6-4-13(5-7-14)8-10-23-11-9-16-15(12-23)22-17(20)26-16;1-13(2,3)17-12(16)14-11-6-4-10(5-7-11)8-9-15;1-11(2,3)16-10(15)14-5-4-8-7(6-14)13-9(12)17-8;7-6-9-4-3-8-2-1-5(4)10-6;/h1-10,17,22-23H,11-16,18-21H2;1-5,12,17-18H,6-11,13-16H2;13-14H,4-12H2,1-3H3,(H,21,24);9-11H,4-8H2,1-3H3,(H,14,16);4-6H2,1-3H3;8H,1-3H2;1H. The average molecular weight is 2080 g/mol. The molecule has 138 heavy (non-hydrogen) atoms. The first-order valence-electron chi connectivity index (χ1n) is 49.4. The van der Waals surface area contributed by atoms with Gasteiger partial charge in [-0.05, 0) is 264 Å². The second kappa shape index (κ2) is 51.8. The minimum absolute atomic E-state index is 0. The molecular weight excluding hydrogens is 1940 g/mol. The van der Waals surface area contributed by atoms with Crippen molar-refractivity contribution in [3.8, 4) is 10.6 Å². The quantitative estimate of drug-likeness (QED) is 0.0363. The van der Waals surface area contributed by atoms with Crippen LogP contribution in [-0.2, 0) is 83.8 Å². The van der Waals surface area contributed by atoms with Gasteiger partial charge in [0.05, 0.1) is 46.0 Å². The Morgan fingerprint density at radius 1 is 0.420 bits per heavy atom. The molecule has 0 bridgehead atoms. The Hall–Kier alpha value is -7.26. The molecule has 0 spiro atoms. The molecular formula is C105H137Cl5N14O9S5. The van der Waals surface area contributed by atoms with E-state index in [1.165, 1.54) is 142 Å². The average Bonchev–Trinajstić information content (AvgIpc) is 1.55. The lowest BCUT2D eigenvalue weighted by molar-refractivity contribution is -0.108. The number of carbonyl (C=O) groups excluding carboxylic acids is 6. The third kappa shape index (κ3) is 33.4. The Bertz CT molecular complexity index is 5590. The summed E-state index contributed by atoms with van der Waals surface area (Å²) < 4.78 is 18.5. The first kappa shape index (κ1) is 108. The SMILES string of the molecule is CC(C)(C)OC(=O)N1CCc2sc(Cl)nc2C1.CC(C)(C)OC(=O)NC1CCC(CC=O)CC1.CC(C)(C)OC(=O)NC1CCC(CCN2CCc3sc(Cl)nc3C2)CC1.Cl.Clc1nc2c(s1)CCNC2.O=C(CC1CCC(CCN2CCc3sc(-c4ccccc4)nc3C2)CC1)c1cccc2ncccc12.O=C(CC1CCC(CCN2CCc3sc(Cl)nc3C2)CC1)c1cccc2ncccc12. The Balaban J connectivity index is 0.000000145. The van der Waals surface area contributed by atoms with Crippen LogP contribution in [0.1, 0.15) is 277 Å². The van der Waals surface area contributed by atoms with Gasteiger partial charge >= 0.3 is 18.3 Å². The molecule has 3 amide bonds. The van der Waals surface area contributed by atoms with Crippen LogP contribution in [0.2, 0.25) is 17.9 Å². The first-order valence-corrected chi connectivity index (χ1v) is 55.0. The number of hydrogen-bond acceptors (Lipinski definition) is 25. The van der Waals surface area contributed by atoms with Gasteiger partial charge in [0.2, 0.25) is 0 Å². The summed E-state index contributed by atoms with van der Waals surface area (Å²) in [6, 6.07) is 30.7. The number of benzene rings is 3. The van der Waals surface area contributed by atoms with Crippen molar-refractivity contribution >= 4 is 173 Å². The molecule has 0 radical (unpaired) electrons. The second-order valence-corrected chi connectivity index (χ2v) is 48.8. The third-order valence-electron chi connectivity index (χ3n) is 27.2. The minimum Gasteiger partial charge on any atom is -0.444 e. The maximum atomic E-state index is 13.1. The topological polar surface area (TPSA) is 269 Å². The molecule has 5 aliphatic heterocycles. The molecule has 3 aromatic carbocycles. The van der Waals surface area contributed by atoms with Crippen molar-refractivity contribution in [2.24, 2.45) is 35.5 Å². The summed E-state index contributed by atoms with van der Waals surface area (Å²) in [5.74, 6) is 4.42. The van der Waals surface area contributed by atoms with Gasteiger partial charge in [0.25, 0.3) is 0 Å². The Kier molecular flexibility index (Phi) is 40.5. The van der Waals surface area contributed by atoms with Crippen molar-refractivity contribution in [3.05, 3.63) is 185 Å². The van der Waals surface area contributed by atoms with E-state index >= 15 is 0 Å². The maximum Gasteiger partial charge on any atom is 0.410 e. The summed E-state index contributed by atoms with van der Waals surface area (Å²) in [5.41, 5.74) is 9.07. The van der Waals surface area contributed by atoms with Gasteiger partial charge in [-0.1, -0.05) is 139 Å². The van der Waals surface area contributed by atoms with Crippen LogP contribution in [0.15, 0.2) is 103 Å². The lowest BCUT2D eigenvalue weighted by Gasteiger charge is -2.32. The van der Waals surface area contributed by atoms with Gasteiger partial charge in [-0.3, -0.25) is 34.3 Å². The van der Waals surface area contributed by atoms with E-state index in [9.17, 15) is 28.8 Å². The summed E-state index contributed by atoms with van der Waals surface area (Å²) in [5, 5.41) is 12.3. The van der Waals surface area contributed by atoms with Crippen molar-refractivity contribution in [3.63, 3.8) is 0 Å². The number of halogens is 5. The summed E-state index contributed by atoms with van der Waals surface area (Å²) in [6.07, 6.45) is 32.6. The number of thiazole rings is 5. The largest absolute Gasteiger partial charge is 0.444 e. The summed E-state index contributed by atoms with van der Waals surface area (Å²) in [4.78, 5) is 119. The van der Waals surface area contributed by atoms with E-state index in [0.29, 0.717) is 68.0 Å². The monoisotopic (exact) mass is 2070 g/mol. The fraction of sp³-hybridized carbons (Fsp3) is 0.571. The van der Waals surface area contributed by atoms with Crippen LogP contribution in [0.5, 0.6) is 0 Å². The third-order valence-corrected chi connectivity index (χ3v) is 33.5. The number of nitrogens with one attached hydrogen (secondary N) is 3. The normalized spacial score (nSPS) is 21.0. The van der Waals surface area contributed by atoms with Crippen LogP contribution in [0.4, 0.5) is 14.4 Å². The van der Waals surface area contributed by atoms with E-state index in [2.05, 4.69) is 90.9 Å². The highest BCUT2D eigenvalue weighted by Crippen LogP contribution is 2.41. The summed E-state index contributed by atoms with van der Waals surface area (Å²) in [7, 11) is 0. The van der Waals surface area contributed by atoms with Crippen LogP contribution in [0, 0.1) is 35.5 Å². The van der Waals surface area contributed by atoms with Gasteiger partial charge in [-0.2, -0.15) is 0 Å². The molecule has 12 heterocycles. The van der Waals surface area contributed by atoms with Crippen molar-refractivity contribution in [1.29, 1.82) is 0 Å². The van der Waals surface area contributed by atoms with Gasteiger partial charge < -0.3 is 39.9 Å². The maximum absolute atomic E-state index is 13.1. The van der Waals surface area contributed by atoms with Crippen LogP contribution in [0.25, 0.3) is 32.4 Å². The first-order chi connectivity index (χ1) is 65.8. The molecule has 4 fully saturated rings. The van der Waals surface area contributed by atoms with E-state index in [0.717, 1.165) is 216 Å². The second-order valence-electron chi connectivity index (χ2n) is 41.0. The molecule has 19 rings (SSSR count). The van der Waals surface area contributed by atoms with E-state index < -0.39 is 16.8 Å². The number of hydrogen-bond donors (Lipinski definition) is 3. The zero-order valence-electron chi connectivity index (χ0n) is 81.4. The van der Waals surface area contributed by atoms with Crippen LogP contribution in [-0.4, -0.2) is 172 Å². The molecule has 7 aromatic heterocycles. The van der Waals surface area contributed by atoms with Crippen molar-refractivity contribution in [2.75, 3.05) is 52.4 Å². The van der Waals surface area contributed by atoms with Crippen molar-refractivity contribution < 1.29 is 43.0 Å². The van der Waals surface area contributed by atoms with E-state index in [-0.39, 0.29) is 54.3 Å². The smallest absolute Gasteiger partial charge is 0.410 e. The van der Waals surface area contributed by atoms with E-state index in [1.54, 1.807) is 51.3 Å². The predicted octanol–water partition coefficient (Wildman–Crippen LogP) is 25.6. The molecule has 0 unspecified atom stereocenters. The molecule has 9 aliphatic rings. The number of aldehydes is 1. The number of ether oxygens (including phenoxy) is 3. The summed E-state index contributed by atoms with van der Waals surface area (Å²) >= 11 is 31.9. The molecule has 3 N–H and O–H groups in total. The van der Waals surface area contributed by atoms with Gasteiger partial charge in [0.1, 0.15) is 28.1 Å². The van der Waals surface area contributed by atoms with Gasteiger partial charge in [-0.15, -0.1) is 69.1 Å². The zero-order valence-corrected chi connectivity index (χ0v) is 89.3. The Morgan fingerprint density at radius 3 is 1.22 bits per heavy atom. The lowest BCUT2D eigenvalue weighted by atomic mass is 9.78. The highest BCUT2D eigenvalue weighted by atomic mass is 35.5.